The summed E-state index contributed by atoms with van der Waals surface area (Å²) >= 11 is 0. The number of amides is 3. The average molecular weight is 399 g/mol. The zero-order valence-corrected chi connectivity index (χ0v) is 17.2. The van der Waals surface area contributed by atoms with Gasteiger partial charge in [0.25, 0.3) is 11.8 Å². The molecule has 1 fully saturated rings. The lowest BCUT2D eigenvalue weighted by Gasteiger charge is -2.29. The highest BCUT2D eigenvalue weighted by Gasteiger charge is 2.41. The molecule has 0 aromatic heterocycles. The number of imide groups is 1. The van der Waals surface area contributed by atoms with Gasteiger partial charge in [-0.05, 0) is 24.1 Å². The van der Waals surface area contributed by atoms with E-state index >= 15 is 0 Å². The minimum absolute atomic E-state index is 0.156. The molecule has 1 saturated heterocycles. The van der Waals surface area contributed by atoms with E-state index in [9.17, 15) is 14.4 Å². The summed E-state index contributed by atoms with van der Waals surface area (Å²) in [7, 11) is 0. The van der Waals surface area contributed by atoms with Gasteiger partial charge in [0, 0.05) is 32.2 Å². The van der Waals surface area contributed by atoms with Crippen LogP contribution in [0.25, 0.3) is 5.57 Å². The Labute approximate surface area is 171 Å². The zero-order valence-electron chi connectivity index (χ0n) is 17.2. The number of benzene rings is 1. The van der Waals surface area contributed by atoms with Crippen LogP contribution in [0.1, 0.15) is 45.1 Å². The minimum Gasteiger partial charge on any atom is -0.378 e. The van der Waals surface area contributed by atoms with Crippen LogP contribution in [0.4, 0.5) is 5.69 Å². The Bertz CT molecular complexity index is 795. The fraction of sp³-hybridized carbons (Fsp3) is 0.500. The summed E-state index contributed by atoms with van der Waals surface area (Å²) in [6.07, 6.45) is 4.01. The van der Waals surface area contributed by atoms with E-state index in [-0.39, 0.29) is 17.7 Å². The smallest absolute Gasteiger partial charge is 0.277 e. The van der Waals surface area contributed by atoms with Crippen LogP contribution < -0.4 is 5.32 Å². The standard InChI is InChI=1S/C22H29N3O4/c1-3-4-5-6-11-25-21(27)19(17-7-9-18(10-8-17)23-16(2)26)20(22(25)28)24-12-14-29-15-13-24/h7-10H,3-6,11-15H2,1-2H3,(H,23,26). The first-order chi connectivity index (χ1) is 14.0. The van der Waals surface area contributed by atoms with Crippen molar-refractivity contribution < 1.29 is 19.1 Å². The second kappa shape index (κ2) is 9.69. The van der Waals surface area contributed by atoms with Crippen LogP contribution in [-0.4, -0.2) is 60.4 Å². The Morgan fingerprint density at radius 3 is 2.34 bits per heavy atom. The Morgan fingerprint density at radius 1 is 1.03 bits per heavy atom. The van der Waals surface area contributed by atoms with Crippen molar-refractivity contribution in [3.63, 3.8) is 0 Å². The molecule has 0 bridgehead atoms. The van der Waals surface area contributed by atoms with Gasteiger partial charge in [-0.3, -0.25) is 19.3 Å². The molecule has 1 aromatic carbocycles. The molecule has 0 spiro atoms. The lowest BCUT2D eigenvalue weighted by molar-refractivity contribution is -0.137. The fourth-order valence-electron chi connectivity index (χ4n) is 3.73. The van der Waals surface area contributed by atoms with Crippen LogP contribution in [0.2, 0.25) is 0 Å². The molecular formula is C22H29N3O4. The molecule has 0 aliphatic carbocycles. The lowest BCUT2D eigenvalue weighted by atomic mass is 10.0. The van der Waals surface area contributed by atoms with Crippen LogP contribution in [0.15, 0.2) is 30.0 Å². The number of nitrogens with zero attached hydrogens (tertiary/aromatic N) is 2. The van der Waals surface area contributed by atoms with Gasteiger partial charge in [0.15, 0.2) is 0 Å². The van der Waals surface area contributed by atoms with E-state index in [0.29, 0.717) is 55.4 Å². The number of carbonyl (C=O) groups excluding carboxylic acids is 3. The molecule has 7 nitrogen and oxygen atoms in total. The lowest BCUT2D eigenvalue weighted by Crippen LogP contribution is -2.40. The molecular weight excluding hydrogens is 370 g/mol. The van der Waals surface area contributed by atoms with Crippen LogP contribution in [0.5, 0.6) is 0 Å². The van der Waals surface area contributed by atoms with Gasteiger partial charge >= 0.3 is 0 Å². The number of morpholine rings is 1. The monoisotopic (exact) mass is 399 g/mol. The van der Waals surface area contributed by atoms with Gasteiger partial charge < -0.3 is 15.0 Å². The Hall–Kier alpha value is -2.67. The molecule has 7 heteroatoms. The summed E-state index contributed by atoms with van der Waals surface area (Å²) in [6, 6.07) is 7.07. The van der Waals surface area contributed by atoms with Crippen molar-refractivity contribution in [2.75, 3.05) is 38.2 Å². The van der Waals surface area contributed by atoms with Crippen LogP contribution in [0, 0.1) is 0 Å². The third-order valence-electron chi connectivity index (χ3n) is 5.20. The van der Waals surface area contributed by atoms with E-state index in [1.165, 1.54) is 11.8 Å². The Morgan fingerprint density at radius 2 is 1.72 bits per heavy atom. The van der Waals surface area contributed by atoms with E-state index < -0.39 is 0 Å². The number of ether oxygens (including phenoxy) is 1. The third-order valence-corrected chi connectivity index (χ3v) is 5.20. The first-order valence-electron chi connectivity index (χ1n) is 10.3. The molecule has 0 atom stereocenters. The van der Waals surface area contributed by atoms with E-state index in [0.717, 1.165) is 25.7 Å². The second-order valence-corrected chi connectivity index (χ2v) is 7.40. The maximum Gasteiger partial charge on any atom is 0.277 e. The van der Waals surface area contributed by atoms with E-state index in [2.05, 4.69) is 12.2 Å². The van der Waals surface area contributed by atoms with Crippen LogP contribution in [-0.2, 0) is 19.1 Å². The molecule has 3 amide bonds. The van der Waals surface area contributed by atoms with Gasteiger partial charge in [0.2, 0.25) is 5.91 Å². The van der Waals surface area contributed by atoms with Gasteiger partial charge in [0.05, 0.1) is 18.8 Å². The SMILES string of the molecule is CCCCCCN1C(=O)C(c2ccc(NC(C)=O)cc2)=C(N2CCOCC2)C1=O. The Kier molecular flexibility index (Phi) is 7.04. The number of hydrogen-bond donors (Lipinski definition) is 1. The van der Waals surface area contributed by atoms with E-state index in [1.807, 2.05) is 4.90 Å². The van der Waals surface area contributed by atoms with Gasteiger partial charge in [-0.2, -0.15) is 0 Å². The number of anilines is 1. The topological polar surface area (TPSA) is 79.0 Å². The van der Waals surface area contributed by atoms with Crippen molar-refractivity contribution >= 4 is 29.0 Å². The van der Waals surface area contributed by atoms with Crippen molar-refractivity contribution in [1.29, 1.82) is 0 Å². The highest BCUT2D eigenvalue weighted by molar-refractivity contribution is 6.35. The molecule has 3 rings (SSSR count). The van der Waals surface area contributed by atoms with E-state index in [4.69, 9.17) is 4.74 Å². The number of unbranched alkanes of at least 4 members (excludes halogenated alkanes) is 3. The number of rotatable bonds is 8. The largest absolute Gasteiger partial charge is 0.378 e. The summed E-state index contributed by atoms with van der Waals surface area (Å²) in [5.74, 6) is -0.606. The predicted molar refractivity (Wildman–Crippen MR) is 111 cm³/mol. The molecule has 0 unspecified atom stereocenters. The zero-order chi connectivity index (χ0) is 20.8. The van der Waals surface area contributed by atoms with Crippen molar-refractivity contribution in [2.24, 2.45) is 0 Å². The van der Waals surface area contributed by atoms with Crippen molar-refractivity contribution in [2.45, 2.75) is 39.5 Å². The quantitative estimate of drug-likeness (QED) is 0.537. The summed E-state index contributed by atoms with van der Waals surface area (Å²) < 4.78 is 5.42. The second-order valence-electron chi connectivity index (χ2n) is 7.40. The predicted octanol–water partition coefficient (Wildman–Crippen LogP) is 2.64. The van der Waals surface area contributed by atoms with E-state index in [1.54, 1.807) is 24.3 Å². The maximum atomic E-state index is 13.2. The van der Waals surface area contributed by atoms with Gasteiger partial charge in [0.1, 0.15) is 5.70 Å². The third kappa shape index (κ3) is 4.85. The average Bonchev–Trinajstić information content (AvgIpc) is 2.96. The van der Waals surface area contributed by atoms with Gasteiger partial charge in [-0.25, -0.2) is 0 Å². The normalized spacial score (nSPS) is 17.3. The summed E-state index contributed by atoms with van der Waals surface area (Å²) in [5.41, 5.74) is 2.26. The highest BCUT2D eigenvalue weighted by Crippen LogP contribution is 2.33. The fourth-order valence-corrected chi connectivity index (χ4v) is 3.73. The summed E-state index contributed by atoms with van der Waals surface area (Å²) in [4.78, 5) is 41.0. The molecule has 2 aliphatic heterocycles. The molecule has 156 valence electrons. The maximum absolute atomic E-state index is 13.2. The molecule has 0 radical (unpaired) electrons. The Balaban J connectivity index is 1.89. The van der Waals surface area contributed by atoms with Crippen LogP contribution >= 0.6 is 0 Å². The molecule has 1 N–H and O–H groups in total. The number of nitrogens with one attached hydrogen (secondary N) is 1. The van der Waals surface area contributed by atoms with Gasteiger partial charge in [-0.1, -0.05) is 38.3 Å². The molecule has 29 heavy (non-hydrogen) atoms. The van der Waals surface area contributed by atoms with Crippen molar-refractivity contribution in [3.05, 3.63) is 35.5 Å². The van der Waals surface area contributed by atoms with Gasteiger partial charge in [-0.15, -0.1) is 0 Å². The first-order valence-corrected chi connectivity index (χ1v) is 10.3. The number of carbonyl (C=O) groups is 3. The summed E-state index contributed by atoms with van der Waals surface area (Å²) in [6.45, 7) is 6.28. The molecule has 0 saturated carbocycles. The van der Waals surface area contributed by atoms with Crippen molar-refractivity contribution in [3.8, 4) is 0 Å². The first kappa shape index (κ1) is 21.0. The molecule has 1 aromatic rings. The van der Waals surface area contributed by atoms with Crippen LogP contribution in [0.3, 0.4) is 0 Å². The minimum atomic E-state index is -0.236. The van der Waals surface area contributed by atoms with Crippen molar-refractivity contribution in [1.82, 2.24) is 9.80 Å². The highest BCUT2D eigenvalue weighted by atomic mass is 16.5. The molecule has 2 heterocycles. The molecule has 2 aliphatic rings. The summed E-state index contributed by atoms with van der Waals surface area (Å²) in [5, 5.41) is 2.72. The number of hydrogen-bond acceptors (Lipinski definition) is 5.